The molecule has 1 saturated heterocycles. The van der Waals surface area contributed by atoms with E-state index in [0.717, 1.165) is 57.9 Å². The first-order valence-electron chi connectivity index (χ1n) is 9.92. The van der Waals surface area contributed by atoms with Crippen LogP contribution in [-0.2, 0) is 4.79 Å². The molecule has 1 heterocycles. The Morgan fingerprint density at radius 2 is 1.96 bits per heavy atom. The second kappa shape index (κ2) is 13.6. The van der Waals surface area contributed by atoms with Crippen molar-refractivity contribution in [3.63, 3.8) is 0 Å². The molecule has 1 rings (SSSR count). The van der Waals surface area contributed by atoms with Gasteiger partial charge in [-0.15, -0.1) is 24.0 Å². The summed E-state index contributed by atoms with van der Waals surface area (Å²) in [5, 5.41) is 3.41. The van der Waals surface area contributed by atoms with Crippen LogP contribution in [0.15, 0.2) is 4.99 Å². The quantitative estimate of drug-likeness (QED) is 0.230. The Labute approximate surface area is 177 Å². The average molecular weight is 481 g/mol. The summed E-state index contributed by atoms with van der Waals surface area (Å²) in [6.45, 7) is 15.7. The number of rotatable bonds is 9. The summed E-state index contributed by atoms with van der Waals surface area (Å²) < 4.78 is 0. The van der Waals surface area contributed by atoms with Gasteiger partial charge < -0.3 is 16.0 Å². The number of nitrogens with one attached hydrogen (secondary N) is 1. The third kappa shape index (κ3) is 9.39. The van der Waals surface area contributed by atoms with E-state index in [1.807, 2.05) is 0 Å². The number of likely N-dealkylation sites (tertiary alicyclic amines) is 1. The lowest BCUT2D eigenvalue weighted by atomic mass is 9.95. The van der Waals surface area contributed by atoms with Gasteiger partial charge in [0.05, 0.1) is 0 Å². The number of carbonyl (C=O) groups is 1. The zero-order chi connectivity index (χ0) is 18.8. The standard InChI is InChI=1S/C19H39N5O.HI/c1-6-21-19(22-10-8-12-24(15(2)3)16(4)5)23-11-7-9-17(14-23)13-18(20)25;/h15-17H,6-14H2,1-5H3,(H2,20,25)(H,21,22);1H. The molecule has 6 nitrogen and oxygen atoms in total. The van der Waals surface area contributed by atoms with Gasteiger partial charge in [-0.2, -0.15) is 0 Å². The number of nitrogens with zero attached hydrogens (tertiary/aromatic N) is 3. The van der Waals surface area contributed by atoms with E-state index in [-0.39, 0.29) is 29.9 Å². The third-order valence-corrected chi connectivity index (χ3v) is 4.81. The molecular weight excluding hydrogens is 441 g/mol. The molecule has 154 valence electrons. The third-order valence-electron chi connectivity index (χ3n) is 4.81. The van der Waals surface area contributed by atoms with Gasteiger partial charge in [0, 0.05) is 51.2 Å². The van der Waals surface area contributed by atoms with Crippen molar-refractivity contribution in [3.8, 4) is 0 Å². The summed E-state index contributed by atoms with van der Waals surface area (Å²) in [4.78, 5) is 20.8. The molecule has 1 amide bonds. The maximum atomic E-state index is 11.2. The number of primary amides is 1. The first-order chi connectivity index (χ1) is 11.8. The van der Waals surface area contributed by atoms with Crippen LogP contribution in [0.4, 0.5) is 0 Å². The molecule has 1 atom stereocenters. The first kappa shape index (κ1) is 25.4. The monoisotopic (exact) mass is 481 g/mol. The zero-order valence-corrected chi connectivity index (χ0v) is 19.7. The summed E-state index contributed by atoms with van der Waals surface area (Å²) in [5.74, 6) is 1.14. The maximum Gasteiger partial charge on any atom is 0.217 e. The number of hydrogen-bond acceptors (Lipinski definition) is 3. The summed E-state index contributed by atoms with van der Waals surface area (Å²) in [5.41, 5.74) is 5.37. The van der Waals surface area contributed by atoms with Crippen LogP contribution in [-0.4, -0.2) is 66.5 Å². The molecule has 1 unspecified atom stereocenters. The van der Waals surface area contributed by atoms with E-state index in [2.05, 4.69) is 49.7 Å². The van der Waals surface area contributed by atoms with E-state index in [0.29, 0.717) is 24.4 Å². The molecule has 0 aromatic heterocycles. The highest BCUT2D eigenvalue weighted by atomic mass is 127. The minimum absolute atomic E-state index is 0. The van der Waals surface area contributed by atoms with Gasteiger partial charge in [-0.3, -0.25) is 14.7 Å². The number of aliphatic imine (C=N–C) groups is 1. The lowest BCUT2D eigenvalue weighted by Gasteiger charge is -2.34. The van der Waals surface area contributed by atoms with Crippen molar-refractivity contribution in [3.05, 3.63) is 0 Å². The smallest absolute Gasteiger partial charge is 0.217 e. The number of piperidine rings is 1. The van der Waals surface area contributed by atoms with Crippen LogP contribution in [0.25, 0.3) is 0 Å². The second-order valence-electron chi connectivity index (χ2n) is 7.64. The molecule has 7 heteroatoms. The molecule has 1 aliphatic heterocycles. The first-order valence-corrected chi connectivity index (χ1v) is 9.92. The van der Waals surface area contributed by atoms with Crippen LogP contribution < -0.4 is 11.1 Å². The van der Waals surface area contributed by atoms with Crippen molar-refractivity contribution in [1.82, 2.24) is 15.1 Å². The van der Waals surface area contributed by atoms with Gasteiger partial charge in [-0.05, 0) is 59.8 Å². The van der Waals surface area contributed by atoms with Gasteiger partial charge in [0.1, 0.15) is 0 Å². The van der Waals surface area contributed by atoms with Crippen molar-refractivity contribution in [2.24, 2.45) is 16.6 Å². The SMILES string of the molecule is CCNC(=NCCCN(C(C)C)C(C)C)N1CCCC(CC(N)=O)C1.I. The Morgan fingerprint density at radius 3 is 2.50 bits per heavy atom. The Bertz CT molecular complexity index is 420. The molecule has 0 aliphatic carbocycles. The van der Waals surface area contributed by atoms with E-state index in [9.17, 15) is 4.79 Å². The fraction of sp³-hybridized carbons (Fsp3) is 0.895. The maximum absolute atomic E-state index is 11.2. The topological polar surface area (TPSA) is 74.0 Å². The minimum atomic E-state index is -0.198. The fourth-order valence-electron chi connectivity index (χ4n) is 3.69. The van der Waals surface area contributed by atoms with Crippen molar-refractivity contribution in [2.75, 3.05) is 32.7 Å². The lowest BCUT2D eigenvalue weighted by Crippen LogP contribution is -2.47. The predicted octanol–water partition coefficient (Wildman–Crippen LogP) is 2.67. The molecular formula is C19H40IN5O. The van der Waals surface area contributed by atoms with Crippen LogP contribution in [0, 0.1) is 5.92 Å². The molecule has 3 N–H and O–H groups in total. The fourth-order valence-corrected chi connectivity index (χ4v) is 3.69. The lowest BCUT2D eigenvalue weighted by molar-refractivity contribution is -0.119. The largest absolute Gasteiger partial charge is 0.370 e. The van der Waals surface area contributed by atoms with Gasteiger partial charge in [0.15, 0.2) is 5.96 Å². The van der Waals surface area contributed by atoms with Crippen LogP contribution >= 0.6 is 24.0 Å². The molecule has 0 saturated carbocycles. The predicted molar refractivity (Wildman–Crippen MR) is 121 cm³/mol. The number of nitrogens with two attached hydrogens (primary N) is 1. The van der Waals surface area contributed by atoms with Crippen molar-refractivity contribution >= 4 is 35.8 Å². The number of hydrogen-bond donors (Lipinski definition) is 2. The second-order valence-corrected chi connectivity index (χ2v) is 7.64. The van der Waals surface area contributed by atoms with E-state index in [1.54, 1.807) is 0 Å². The summed E-state index contributed by atoms with van der Waals surface area (Å²) in [6.07, 6.45) is 3.71. The van der Waals surface area contributed by atoms with E-state index in [1.165, 1.54) is 0 Å². The van der Waals surface area contributed by atoms with Crippen LogP contribution in [0.1, 0.15) is 60.3 Å². The average Bonchev–Trinajstić information content (AvgIpc) is 2.52. The Balaban J connectivity index is 0.00000625. The zero-order valence-electron chi connectivity index (χ0n) is 17.3. The molecule has 0 bridgehead atoms. The van der Waals surface area contributed by atoms with Gasteiger partial charge >= 0.3 is 0 Å². The highest BCUT2D eigenvalue weighted by molar-refractivity contribution is 14.0. The Hall–Kier alpha value is -0.570. The summed E-state index contributed by atoms with van der Waals surface area (Å²) >= 11 is 0. The Morgan fingerprint density at radius 1 is 1.31 bits per heavy atom. The number of guanidine groups is 1. The van der Waals surface area contributed by atoms with Crippen LogP contribution in [0.5, 0.6) is 0 Å². The molecule has 1 aliphatic rings. The molecule has 0 radical (unpaired) electrons. The summed E-state index contributed by atoms with van der Waals surface area (Å²) in [6, 6.07) is 1.13. The van der Waals surface area contributed by atoms with Crippen molar-refractivity contribution < 1.29 is 4.79 Å². The molecule has 26 heavy (non-hydrogen) atoms. The number of amides is 1. The molecule has 0 spiro atoms. The van der Waals surface area contributed by atoms with E-state index < -0.39 is 0 Å². The molecule has 0 aromatic rings. The van der Waals surface area contributed by atoms with Crippen LogP contribution in [0.3, 0.4) is 0 Å². The highest BCUT2D eigenvalue weighted by Crippen LogP contribution is 2.19. The van der Waals surface area contributed by atoms with Gasteiger partial charge in [0.25, 0.3) is 0 Å². The minimum Gasteiger partial charge on any atom is -0.370 e. The normalized spacial score (nSPS) is 18.4. The van der Waals surface area contributed by atoms with Crippen LogP contribution in [0.2, 0.25) is 0 Å². The van der Waals surface area contributed by atoms with Crippen molar-refractivity contribution in [2.45, 2.75) is 72.4 Å². The van der Waals surface area contributed by atoms with Gasteiger partial charge in [0.2, 0.25) is 5.91 Å². The van der Waals surface area contributed by atoms with E-state index >= 15 is 0 Å². The number of halogens is 1. The summed E-state index contributed by atoms with van der Waals surface area (Å²) in [7, 11) is 0. The van der Waals surface area contributed by atoms with E-state index in [4.69, 9.17) is 10.7 Å². The molecule has 1 fully saturated rings. The van der Waals surface area contributed by atoms with Gasteiger partial charge in [-0.25, -0.2) is 0 Å². The number of carbonyl (C=O) groups excluding carboxylic acids is 1. The highest BCUT2D eigenvalue weighted by Gasteiger charge is 2.23. The van der Waals surface area contributed by atoms with Gasteiger partial charge in [-0.1, -0.05) is 0 Å². The Kier molecular flexibility index (Phi) is 13.3. The molecule has 0 aromatic carbocycles. The van der Waals surface area contributed by atoms with Crippen molar-refractivity contribution in [1.29, 1.82) is 0 Å².